The summed E-state index contributed by atoms with van der Waals surface area (Å²) in [6.45, 7) is 2.00. The van der Waals surface area contributed by atoms with Gasteiger partial charge < -0.3 is 5.73 Å². The Bertz CT molecular complexity index is 170. The van der Waals surface area contributed by atoms with E-state index in [9.17, 15) is 0 Å². The van der Waals surface area contributed by atoms with Crippen molar-refractivity contribution in [1.82, 2.24) is 0 Å². The highest BCUT2D eigenvalue weighted by molar-refractivity contribution is 5.32. The zero-order chi connectivity index (χ0) is 5.98. The van der Waals surface area contributed by atoms with Gasteiger partial charge in [0.25, 0.3) is 0 Å². The van der Waals surface area contributed by atoms with Crippen molar-refractivity contribution in [2.75, 3.05) is 0 Å². The number of hydrogen-bond acceptors (Lipinski definition) is 1. The van der Waals surface area contributed by atoms with E-state index in [-0.39, 0.29) is 0 Å². The van der Waals surface area contributed by atoms with Crippen LogP contribution in [0.3, 0.4) is 0 Å². The van der Waals surface area contributed by atoms with Gasteiger partial charge in [0.2, 0.25) is 5.70 Å². The van der Waals surface area contributed by atoms with E-state index in [1.807, 2.05) is 25.2 Å². The summed E-state index contributed by atoms with van der Waals surface area (Å²) in [5.74, 6) is 0. The summed E-state index contributed by atoms with van der Waals surface area (Å²) in [4.78, 5) is 0. The molecule has 0 atom stereocenters. The lowest BCUT2D eigenvalue weighted by Gasteiger charge is -1.85. The van der Waals surface area contributed by atoms with Gasteiger partial charge in [-0.25, -0.2) is 0 Å². The second-order valence-electron chi connectivity index (χ2n) is 1.82. The van der Waals surface area contributed by atoms with Gasteiger partial charge in [0.15, 0.2) is 0 Å². The molecule has 0 amide bonds. The highest BCUT2D eigenvalue weighted by atomic mass is 14.6. The van der Waals surface area contributed by atoms with Crippen LogP contribution < -0.4 is 5.73 Å². The van der Waals surface area contributed by atoms with E-state index < -0.39 is 0 Å². The van der Waals surface area contributed by atoms with Crippen LogP contribution in [0, 0.1) is 6.08 Å². The second kappa shape index (κ2) is 1.81. The molecule has 2 N–H and O–H groups in total. The summed E-state index contributed by atoms with van der Waals surface area (Å²) in [6, 6.07) is 0. The minimum atomic E-state index is 0.713. The van der Waals surface area contributed by atoms with Gasteiger partial charge >= 0.3 is 0 Å². The fourth-order valence-corrected chi connectivity index (χ4v) is 0.604. The lowest BCUT2D eigenvalue weighted by atomic mass is 10.1. The zero-order valence-electron chi connectivity index (χ0n) is 4.81. The Morgan fingerprint density at radius 1 is 1.62 bits per heavy atom. The molecule has 0 fully saturated rings. The first-order chi connectivity index (χ1) is 3.79. The standard InChI is InChI=1S/C7H8N/c1-6-3-2-4-7(8)5-6/h2-3,5H,8H2,1H3/q+1. The van der Waals surface area contributed by atoms with E-state index in [0.29, 0.717) is 5.70 Å². The molecule has 0 aliphatic heterocycles. The summed E-state index contributed by atoms with van der Waals surface area (Å²) in [5, 5.41) is 0. The van der Waals surface area contributed by atoms with E-state index in [1.165, 1.54) is 5.57 Å². The topological polar surface area (TPSA) is 26.0 Å². The third-order valence-electron chi connectivity index (χ3n) is 0.979. The molecule has 0 unspecified atom stereocenters. The predicted octanol–water partition coefficient (Wildman–Crippen LogP) is 1.15. The lowest BCUT2D eigenvalue weighted by molar-refractivity contribution is 1.33. The van der Waals surface area contributed by atoms with Gasteiger partial charge in [-0.3, -0.25) is 0 Å². The van der Waals surface area contributed by atoms with Gasteiger partial charge in [0.05, 0.1) is 23.8 Å². The van der Waals surface area contributed by atoms with Crippen LogP contribution in [0.5, 0.6) is 0 Å². The molecule has 1 aliphatic rings. The van der Waals surface area contributed by atoms with Crippen LogP contribution in [0.4, 0.5) is 0 Å². The van der Waals surface area contributed by atoms with Gasteiger partial charge in [-0.2, -0.15) is 0 Å². The fraction of sp³-hybridized carbons (Fsp3) is 0.143. The summed E-state index contributed by atoms with van der Waals surface area (Å²) in [6.07, 6.45) is 8.53. The summed E-state index contributed by atoms with van der Waals surface area (Å²) in [7, 11) is 0. The van der Waals surface area contributed by atoms with Crippen molar-refractivity contribution in [2.45, 2.75) is 6.92 Å². The molecule has 0 aromatic rings. The summed E-state index contributed by atoms with van der Waals surface area (Å²) >= 11 is 0. The fourth-order valence-electron chi connectivity index (χ4n) is 0.604. The van der Waals surface area contributed by atoms with Gasteiger partial charge in [0.1, 0.15) is 6.08 Å². The van der Waals surface area contributed by atoms with E-state index >= 15 is 0 Å². The Labute approximate surface area is 49.2 Å². The minimum Gasteiger partial charge on any atom is -0.369 e. The first-order valence-electron chi connectivity index (χ1n) is 2.53. The van der Waals surface area contributed by atoms with Gasteiger partial charge in [-0.15, -0.1) is 0 Å². The number of nitrogens with two attached hydrogens (primary N) is 1. The maximum atomic E-state index is 5.40. The average molecular weight is 106 g/mol. The Kier molecular flexibility index (Phi) is 1.15. The van der Waals surface area contributed by atoms with Gasteiger partial charge in [-0.1, -0.05) is 0 Å². The van der Waals surface area contributed by atoms with Crippen LogP contribution >= 0.6 is 0 Å². The molecule has 1 aliphatic carbocycles. The molecule has 1 heteroatoms. The monoisotopic (exact) mass is 106 g/mol. The molecule has 0 saturated heterocycles. The van der Waals surface area contributed by atoms with Crippen molar-refractivity contribution >= 4 is 0 Å². The first-order valence-corrected chi connectivity index (χ1v) is 2.53. The van der Waals surface area contributed by atoms with Crippen molar-refractivity contribution in [3.05, 3.63) is 35.6 Å². The highest BCUT2D eigenvalue weighted by Crippen LogP contribution is 2.03. The number of rotatable bonds is 0. The van der Waals surface area contributed by atoms with Crippen molar-refractivity contribution in [1.29, 1.82) is 0 Å². The third-order valence-corrected chi connectivity index (χ3v) is 0.979. The molecule has 0 aromatic carbocycles. The quantitative estimate of drug-likeness (QED) is 0.460. The largest absolute Gasteiger partial charge is 0.369 e. The minimum absolute atomic E-state index is 0.713. The predicted molar refractivity (Wildman–Crippen MR) is 33.8 cm³/mol. The zero-order valence-corrected chi connectivity index (χ0v) is 4.81. The van der Waals surface area contributed by atoms with Crippen LogP contribution in [-0.2, 0) is 0 Å². The molecule has 0 aromatic heterocycles. The first kappa shape index (κ1) is 5.07. The smallest absolute Gasteiger partial charge is 0.200 e. The normalized spacial score (nSPS) is 16.6. The third kappa shape index (κ3) is 0.955. The van der Waals surface area contributed by atoms with Crippen molar-refractivity contribution in [3.63, 3.8) is 0 Å². The average Bonchev–Trinajstić information content (AvgIpc) is 1.64. The van der Waals surface area contributed by atoms with E-state index in [4.69, 9.17) is 5.73 Å². The molecule has 0 heterocycles. The number of allylic oxidation sites excluding steroid dienone is 5. The Morgan fingerprint density at radius 3 is 2.75 bits per heavy atom. The van der Waals surface area contributed by atoms with Crippen molar-refractivity contribution < 1.29 is 0 Å². The Hall–Kier alpha value is -1.07. The highest BCUT2D eigenvalue weighted by Gasteiger charge is 1.99. The van der Waals surface area contributed by atoms with Crippen LogP contribution in [-0.4, -0.2) is 0 Å². The van der Waals surface area contributed by atoms with Crippen molar-refractivity contribution in [3.8, 4) is 0 Å². The van der Waals surface area contributed by atoms with Gasteiger partial charge in [-0.05, 0) is 6.92 Å². The van der Waals surface area contributed by atoms with Crippen LogP contribution in [0.15, 0.2) is 29.5 Å². The SMILES string of the molecule is CC1=CC(N)=[C+]C=C1. The van der Waals surface area contributed by atoms with Crippen LogP contribution in [0.25, 0.3) is 0 Å². The van der Waals surface area contributed by atoms with E-state index in [1.54, 1.807) is 0 Å². The van der Waals surface area contributed by atoms with Crippen molar-refractivity contribution in [2.24, 2.45) is 5.73 Å². The van der Waals surface area contributed by atoms with Gasteiger partial charge in [0, 0.05) is 0 Å². The maximum Gasteiger partial charge on any atom is 0.200 e. The molecule has 1 nitrogen and oxygen atoms in total. The summed E-state index contributed by atoms with van der Waals surface area (Å²) in [5.41, 5.74) is 7.30. The molecule has 40 valence electrons. The van der Waals surface area contributed by atoms with E-state index in [0.717, 1.165) is 0 Å². The Morgan fingerprint density at radius 2 is 2.38 bits per heavy atom. The number of hydrogen-bond donors (Lipinski definition) is 1. The lowest BCUT2D eigenvalue weighted by Crippen LogP contribution is -1.95. The summed E-state index contributed by atoms with van der Waals surface area (Å²) < 4.78 is 0. The molecule has 0 saturated carbocycles. The van der Waals surface area contributed by atoms with Crippen LogP contribution in [0.1, 0.15) is 6.92 Å². The molecule has 0 bridgehead atoms. The van der Waals surface area contributed by atoms with E-state index in [2.05, 4.69) is 6.08 Å². The molecular formula is C7H8N+. The molecular weight excluding hydrogens is 98.1 g/mol. The second-order valence-corrected chi connectivity index (χ2v) is 1.82. The molecule has 0 spiro atoms. The van der Waals surface area contributed by atoms with Crippen LogP contribution in [0.2, 0.25) is 0 Å². The maximum absolute atomic E-state index is 5.40. The molecule has 1 rings (SSSR count). The Balaban J connectivity index is 2.89. The molecule has 0 radical (unpaired) electrons. The molecule has 8 heavy (non-hydrogen) atoms.